The number of carbonyl (C=O) groups excluding carboxylic acids is 3. The first-order valence-corrected chi connectivity index (χ1v) is 8.23. The second-order valence-corrected chi connectivity index (χ2v) is 6.76. The van der Waals surface area contributed by atoms with E-state index in [-0.39, 0.29) is 12.7 Å². The molecule has 1 aliphatic heterocycles. The van der Waals surface area contributed by atoms with Crippen LogP contribution in [0.3, 0.4) is 0 Å². The standard InChI is InChI=1S/C17H27NO7/c1-12(2)25-14(20)6-5-13(19)24-11-17(3,4)15(21)16(22)18-7-9-23-10-8-18/h5-6,12,15,21H,7-11H2,1-4H3/b6-5+/t15-/m0/s1. The third kappa shape index (κ3) is 7.23. The van der Waals surface area contributed by atoms with E-state index in [1.165, 1.54) is 4.90 Å². The Hall–Kier alpha value is -1.93. The Balaban J connectivity index is 2.50. The highest BCUT2D eigenvalue weighted by Gasteiger charge is 2.37. The van der Waals surface area contributed by atoms with Crippen molar-refractivity contribution in [2.75, 3.05) is 32.9 Å². The monoisotopic (exact) mass is 357 g/mol. The molecule has 0 radical (unpaired) electrons. The maximum Gasteiger partial charge on any atom is 0.331 e. The fourth-order valence-electron chi connectivity index (χ4n) is 2.08. The molecule has 0 bridgehead atoms. The third-order valence-corrected chi connectivity index (χ3v) is 3.59. The van der Waals surface area contributed by atoms with Crippen LogP contribution in [0.15, 0.2) is 12.2 Å². The topological polar surface area (TPSA) is 102 Å². The number of amides is 1. The molecular weight excluding hydrogens is 330 g/mol. The second-order valence-electron chi connectivity index (χ2n) is 6.76. The van der Waals surface area contributed by atoms with Crippen molar-refractivity contribution < 1.29 is 33.7 Å². The van der Waals surface area contributed by atoms with Crippen LogP contribution in [0.1, 0.15) is 27.7 Å². The number of carbonyl (C=O) groups is 3. The van der Waals surface area contributed by atoms with Gasteiger partial charge in [-0.1, -0.05) is 13.8 Å². The molecule has 1 saturated heterocycles. The van der Waals surface area contributed by atoms with Gasteiger partial charge in [0.25, 0.3) is 5.91 Å². The largest absolute Gasteiger partial charge is 0.462 e. The van der Waals surface area contributed by atoms with E-state index in [9.17, 15) is 19.5 Å². The Bertz CT molecular complexity index is 507. The average molecular weight is 357 g/mol. The first-order chi connectivity index (χ1) is 11.6. The van der Waals surface area contributed by atoms with Gasteiger partial charge in [-0.3, -0.25) is 4.79 Å². The molecule has 1 aliphatic rings. The van der Waals surface area contributed by atoms with Crippen molar-refractivity contribution in [3.8, 4) is 0 Å². The molecule has 0 saturated carbocycles. The molecule has 1 N–H and O–H groups in total. The van der Waals surface area contributed by atoms with Gasteiger partial charge >= 0.3 is 11.9 Å². The Morgan fingerprint density at radius 3 is 2.28 bits per heavy atom. The van der Waals surface area contributed by atoms with Gasteiger partial charge in [-0.25, -0.2) is 9.59 Å². The van der Waals surface area contributed by atoms with Gasteiger partial charge in [0.2, 0.25) is 0 Å². The summed E-state index contributed by atoms with van der Waals surface area (Å²) < 4.78 is 15.1. The number of morpholine rings is 1. The summed E-state index contributed by atoms with van der Waals surface area (Å²) in [5.74, 6) is -1.81. The van der Waals surface area contributed by atoms with Gasteiger partial charge in [0.15, 0.2) is 0 Å². The maximum absolute atomic E-state index is 12.3. The molecule has 0 unspecified atom stereocenters. The smallest absolute Gasteiger partial charge is 0.331 e. The summed E-state index contributed by atoms with van der Waals surface area (Å²) in [6, 6.07) is 0. The van der Waals surface area contributed by atoms with E-state index >= 15 is 0 Å². The Morgan fingerprint density at radius 1 is 1.16 bits per heavy atom. The number of rotatable bonds is 7. The van der Waals surface area contributed by atoms with Crippen LogP contribution >= 0.6 is 0 Å². The van der Waals surface area contributed by atoms with Crippen LogP contribution in [0.4, 0.5) is 0 Å². The van der Waals surface area contributed by atoms with Gasteiger partial charge in [0, 0.05) is 30.7 Å². The fourth-order valence-corrected chi connectivity index (χ4v) is 2.08. The number of aliphatic hydroxyl groups excluding tert-OH is 1. The zero-order valence-electron chi connectivity index (χ0n) is 15.2. The molecule has 1 heterocycles. The quantitative estimate of drug-likeness (QED) is 0.516. The summed E-state index contributed by atoms with van der Waals surface area (Å²) in [5, 5.41) is 10.3. The van der Waals surface area contributed by atoms with E-state index in [4.69, 9.17) is 14.2 Å². The van der Waals surface area contributed by atoms with Crippen molar-refractivity contribution in [2.24, 2.45) is 5.41 Å². The number of ether oxygens (including phenoxy) is 3. The number of esters is 2. The molecule has 8 nitrogen and oxygen atoms in total. The molecule has 25 heavy (non-hydrogen) atoms. The van der Waals surface area contributed by atoms with Gasteiger partial charge in [0.1, 0.15) is 6.10 Å². The summed E-state index contributed by atoms with van der Waals surface area (Å²) in [4.78, 5) is 36.8. The Labute approximate surface area is 147 Å². The van der Waals surface area contributed by atoms with Gasteiger partial charge in [-0.2, -0.15) is 0 Å². The van der Waals surface area contributed by atoms with Crippen molar-refractivity contribution in [3.63, 3.8) is 0 Å². The van der Waals surface area contributed by atoms with Crippen molar-refractivity contribution >= 4 is 17.8 Å². The van der Waals surface area contributed by atoms with E-state index in [0.717, 1.165) is 12.2 Å². The van der Waals surface area contributed by atoms with Crippen LogP contribution in [-0.4, -0.2) is 73.0 Å². The van der Waals surface area contributed by atoms with Gasteiger partial charge in [-0.15, -0.1) is 0 Å². The van der Waals surface area contributed by atoms with Crippen LogP contribution < -0.4 is 0 Å². The van der Waals surface area contributed by atoms with Gasteiger partial charge < -0.3 is 24.2 Å². The summed E-state index contributed by atoms with van der Waals surface area (Å²) >= 11 is 0. The third-order valence-electron chi connectivity index (χ3n) is 3.59. The molecule has 0 aromatic heterocycles. The molecule has 0 spiro atoms. The van der Waals surface area contributed by atoms with Gasteiger partial charge in [0.05, 0.1) is 25.9 Å². The summed E-state index contributed by atoms with van der Waals surface area (Å²) in [6.07, 6.45) is 0.337. The first-order valence-electron chi connectivity index (χ1n) is 8.23. The van der Waals surface area contributed by atoms with Crippen molar-refractivity contribution in [1.82, 2.24) is 4.90 Å². The van der Waals surface area contributed by atoms with E-state index in [2.05, 4.69) is 0 Å². The number of aliphatic hydroxyl groups is 1. The molecule has 8 heteroatoms. The lowest BCUT2D eigenvalue weighted by atomic mass is 9.86. The SMILES string of the molecule is CC(C)OC(=O)/C=C/C(=O)OCC(C)(C)[C@@H](O)C(=O)N1CCOCC1. The summed E-state index contributed by atoms with van der Waals surface area (Å²) in [6.45, 7) is 8.18. The molecule has 142 valence electrons. The van der Waals surface area contributed by atoms with Crippen LogP contribution in [0, 0.1) is 5.41 Å². The lowest BCUT2D eigenvalue weighted by Crippen LogP contribution is -2.51. The predicted octanol–water partition coefficient (Wildman–Crippen LogP) is 0.283. The normalized spacial score (nSPS) is 16.8. The molecule has 0 aliphatic carbocycles. The molecular formula is C17H27NO7. The van der Waals surface area contributed by atoms with Crippen molar-refractivity contribution in [1.29, 1.82) is 0 Å². The first kappa shape index (κ1) is 21.1. The minimum Gasteiger partial charge on any atom is -0.462 e. The predicted molar refractivity (Wildman–Crippen MR) is 88.5 cm³/mol. The highest BCUT2D eigenvalue weighted by atomic mass is 16.5. The number of hydrogen-bond donors (Lipinski definition) is 1. The molecule has 1 rings (SSSR count). The van der Waals surface area contributed by atoms with Crippen LogP contribution in [0.25, 0.3) is 0 Å². The van der Waals surface area contributed by atoms with Crippen molar-refractivity contribution in [2.45, 2.75) is 39.9 Å². The summed E-state index contributed by atoms with van der Waals surface area (Å²) in [5.41, 5.74) is -0.975. The fraction of sp³-hybridized carbons (Fsp3) is 0.706. The molecule has 1 atom stereocenters. The highest BCUT2D eigenvalue weighted by molar-refractivity contribution is 5.91. The van der Waals surface area contributed by atoms with Crippen molar-refractivity contribution in [3.05, 3.63) is 12.2 Å². The van der Waals surface area contributed by atoms with Crippen LogP contribution in [0.5, 0.6) is 0 Å². The second kappa shape index (κ2) is 9.53. The molecule has 0 aromatic rings. The lowest BCUT2D eigenvalue weighted by Gasteiger charge is -2.34. The lowest BCUT2D eigenvalue weighted by molar-refractivity contribution is -0.157. The van der Waals surface area contributed by atoms with E-state index in [1.807, 2.05) is 0 Å². The highest BCUT2D eigenvalue weighted by Crippen LogP contribution is 2.23. The minimum atomic E-state index is -1.31. The van der Waals surface area contributed by atoms with Crippen LogP contribution in [-0.2, 0) is 28.6 Å². The molecule has 1 amide bonds. The van der Waals surface area contributed by atoms with E-state index < -0.39 is 29.4 Å². The zero-order valence-corrected chi connectivity index (χ0v) is 15.2. The summed E-state index contributed by atoms with van der Waals surface area (Å²) in [7, 11) is 0. The molecule has 1 fully saturated rings. The zero-order chi connectivity index (χ0) is 19.0. The maximum atomic E-state index is 12.3. The Morgan fingerprint density at radius 2 is 1.72 bits per heavy atom. The average Bonchev–Trinajstić information content (AvgIpc) is 2.57. The number of nitrogens with zero attached hydrogens (tertiary/aromatic N) is 1. The number of hydrogen-bond acceptors (Lipinski definition) is 7. The molecule has 0 aromatic carbocycles. The Kier molecular flexibility index (Phi) is 8.05. The minimum absolute atomic E-state index is 0.174. The van der Waals surface area contributed by atoms with Gasteiger partial charge in [-0.05, 0) is 13.8 Å². The van der Waals surface area contributed by atoms with E-state index in [1.54, 1.807) is 27.7 Å². The van der Waals surface area contributed by atoms with Crippen LogP contribution in [0.2, 0.25) is 0 Å². The van der Waals surface area contributed by atoms with E-state index in [0.29, 0.717) is 26.3 Å².